The molecule has 0 bridgehead atoms. The summed E-state index contributed by atoms with van der Waals surface area (Å²) in [5.41, 5.74) is 16.1. The molecule has 2 aliphatic rings. The number of allylic oxidation sites excluding steroid dienone is 4. The minimum atomic E-state index is 0.0146. The van der Waals surface area contributed by atoms with Crippen molar-refractivity contribution in [2.75, 3.05) is 4.90 Å². The van der Waals surface area contributed by atoms with E-state index in [-0.39, 0.29) is 5.41 Å². The molecule has 0 N–H and O–H groups in total. The van der Waals surface area contributed by atoms with Gasteiger partial charge in [0.15, 0.2) is 0 Å². The van der Waals surface area contributed by atoms with Gasteiger partial charge in [-0.1, -0.05) is 141 Å². The van der Waals surface area contributed by atoms with Crippen molar-refractivity contribution in [1.29, 1.82) is 0 Å². The lowest BCUT2D eigenvalue weighted by atomic mass is 9.74. The van der Waals surface area contributed by atoms with Crippen molar-refractivity contribution < 1.29 is 0 Å². The van der Waals surface area contributed by atoms with Gasteiger partial charge in [0.1, 0.15) is 0 Å². The molecule has 10 aromatic rings. The molecule has 0 radical (unpaired) electrons. The second kappa shape index (κ2) is 13.8. The van der Waals surface area contributed by atoms with Crippen molar-refractivity contribution in [3.63, 3.8) is 0 Å². The minimum absolute atomic E-state index is 0.0146. The first-order valence-electron chi connectivity index (χ1n) is 21.4. The first-order chi connectivity index (χ1) is 29.9. The van der Waals surface area contributed by atoms with Gasteiger partial charge in [-0.15, -0.1) is 11.3 Å². The smallest absolute Gasteiger partial charge is 0.0541 e. The zero-order valence-electron chi connectivity index (χ0n) is 34.5. The van der Waals surface area contributed by atoms with Gasteiger partial charge in [0.2, 0.25) is 0 Å². The predicted molar refractivity (Wildman–Crippen MR) is 261 cm³/mol. The van der Waals surface area contributed by atoms with Crippen LogP contribution in [0.15, 0.2) is 200 Å². The molecule has 0 aliphatic heterocycles. The van der Waals surface area contributed by atoms with E-state index < -0.39 is 0 Å². The van der Waals surface area contributed by atoms with E-state index in [1.807, 2.05) is 11.3 Å². The zero-order chi connectivity index (χ0) is 40.8. The van der Waals surface area contributed by atoms with E-state index in [9.17, 15) is 0 Å². The summed E-state index contributed by atoms with van der Waals surface area (Å²) in [5, 5.41) is 5.18. The molecule has 12 rings (SSSR count). The van der Waals surface area contributed by atoms with E-state index in [1.165, 1.54) is 92.3 Å². The van der Waals surface area contributed by atoms with Crippen LogP contribution in [0, 0.1) is 12.8 Å². The summed E-state index contributed by atoms with van der Waals surface area (Å²) in [6.07, 6.45) is 9.25. The van der Waals surface area contributed by atoms with E-state index in [0.717, 1.165) is 11.4 Å². The van der Waals surface area contributed by atoms with Crippen molar-refractivity contribution in [2.24, 2.45) is 5.92 Å². The van der Waals surface area contributed by atoms with Crippen LogP contribution >= 0.6 is 11.3 Å². The third-order valence-electron chi connectivity index (χ3n) is 13.5. The average Bonchev–Trinajstić information content (AvgIpc) is 3.92. The molecule has 2 atom stereocenters. The third kappa shape index (κ3) is 5.68. The molecule has 2 aliphatic carbocycles. The summed E-state index contributed by atoms with van der Waals surface area (Å²) in [4.78, 5) is 2.44. The van der Waals surface area contributed by atoms with Gasteiger partial charge in [-0.3, -0.25) is 0 Å². The van der Waals surface area contributed by atoms with E-state index in [2.05, 4.69) is 230 Å². The molecule has 3 heteroatoms. The fraction of sp³-hybridized carbons (Fsp3) is 0.103. The van der Waals surface area contributed by atoms with Crippen molar-refractivity contribution >= 4 is 70.4 Å². The number of nitrogens with zero attached hydrogens (tertiary/aromatic N) is 2. The second-order valence-corrected chi connectivity index (χ2v) is 18.5. The van der Waals surface area contributed by atoms with Crippen molar-refractivity contribution in [1.82, 2.24) is 4.57 Å². The van der Waals surface area contributed by atoms with Crippen molar-refractivity contribution in [3.05, 3.63) is 217 Å². The number of aromatic nitrogens is 1. The van der Waals surface area contributed by atoms with Gasteiger partial charge in [-0.25, -0.2) is 0 Å². The van der Waals surface area contributed by atoms with Crippen molar-refractivity contribution in [3.8, 4) is 27.9 Å². The Morgan fingerprint density at radius 3 is 2.02 bits per heavy atom. The van der Waals surface area contributed by atoms with Crippen LogP contribution < -0.4 is 4.90 Å². The number of thiophene rings is 1. The minimum Gasteiger partial charge on any atom is -0.310 e. The Labute approximate surface area is 361 Å². The molecule has 0 amide bonds. The molecule has 0 fully saturated rings. The zero-order valence-corrected chi connectivity index (χ0v) is 35.3. The number of anilines is 3. The first kappa shape index (κ1) is 36.0. The highest BCUT2D eigenvalue weighted by Gasteiger charge is 2.44. The van der Waals surface area contributed by atoms with Crippen LogP contribution in [0.4, 0.5) is 17.1 Å². The second-order valence-electron chi connectivity index (χ2n) is 17.4. The van der Waals surface area contributed by atoms with Gasteiger partial charge in [-0.2, -0.15) is 0 Å². The van der Waals surface area contributed by atoms with E-state index in [0.29, 0.717) is 11.8 Å². The molecule has 8 aromatic carbocycles. The molecule has 292 valence electrons. The van der Waals surface area contributed by atoms with Crippen LogP contribution in [0.5, 0.6) is 0 Å². The lowest BCUT2D eigenvalue weighted by Gasteiger charge is -2.30. The van der Waals surface area contributed by atoms with Gasteiger partial charge in [0.25, 0.3) is 0 Å². The fourth-order valence-electron chi connectivity index (χ4n) is 10.5. The average molecular weight is 801 g/mol. The number of para-hydroxylation sites is 1. The SMILES string of the molecule is Cc1cccc(-n2c3ccccc3c3cc(-c4ccc(N(c5ccc(-c6cccc7c6sc6ccccc67)cc5)c5ccc6c(c5)C(C)(C)C5C=CC=CC65)cc4)ccc32)c1. The highest BCUT2D eigenvalue weighted by atomic mass is 32.1. The first-order valence-corrected chi connectivity index (χ1v) is 22.2. The van der Waals surface area contributed by atoms with Crippen LogP contribution in [-0.2, 0) is 5.41 Å². The molecule has 2 heterocycles. The Bertz CT molecular complexity index is 3410. The highest BCUT2D eigenvalue weighted by Crippen LogP contribution is 2.54. The monoisotopic (exact) mass is 800 g/mol. The summed E-state index contributed by atoms with van der Waals surface area (Å²) in [6, 6.07) is 65.6. The summed E-state index contributed by atoms with van der Waals surface area (Å²) >= 11 is 1.89. The lowest BCUT2D eigenvalue weighted by molar-refractivity contribution is 0.394. The number of hydrogen-bond donors (Lipinski definition) is 0. The maximum Gasteiger partial charge on any atom is 0.0541 e. The number of benzene rings is 8. The molecule has 61 heavy (non-hydrogen) atoms. The summed E-state index contributed by atoms with van der Waals surface area (Å²) in [7, 11) is 0. The number of hydrogen-bond acceptors (Lipinski definition) is 2. The van der Waals surface area contributed by atoms with Crippen LogP contribution in [0.1, 0.15) is 36.5 Å². The van der Waals surface area contributed by atoms with Crippen LogP contribution in [0.2, 0.25) is 0 Å². The Balaban J connectivity index is 0.958. The number of rotatable bonds is 6. The van der Waals surface area contributed by atoms with Gasteiger partial charge in [0.05, 0.1) is 11.0 Å². The molecule has 2 unspecified atom stereocenters. The van der Waals surface area contributed by atoms with Crippen molar-refractivity contribution in [2.45, 2.75) is 32.1 Å². The van der Waals surface area contributed by atoms with E-state index in [1.54, 1.807) is 0 Å². The van der Waals surface area contributed by atoms with Gasteiger partial charge >= 0.3 is 0 Å². The fourth-order valence-corrected chi connectivity index (χ4v) is 11.8. The maximum absolute atomic E-state index is 2.47. The predicted octanol–water partition coefficient (Wildman–Crippen LogP) is 16.4. The quantitative estimate of drug-likeness (QED) is 0.163. The van der Waals surface area contributed by atoms with Crippen LogP contribution in [-0.4, -0.2) is 4.57 Å². The molecule has 0 spiro atoms. The Kier molecular flexibility index (Phi) is 8.14. The lowest BCUT2D eigenvalue weighted by Crippen LogP contribution is -2.24. The Hall–Kier alpha value is -6.94. The topological polar surface area (TPSA) is 8.17 Å². The summed E-state index contributed by atoms with van der Waals surface area (Å²) in [6.45, 7) is 7.00. The van der Waals surface area contributed by atoms with Gasteiger partial charge in [0, 0.05) is 59.6 Å². The van der Waals surface area contributed by atoms with Gasteiger partial charge < -0.3 is 9.47 Å². The molecule has 0 saturated heterocycles. The summed E-state index contributed by atoms with van der Waals surface area (Å²) < 4.78 is 5.07. The molecule has 2 nitrogen and oxygen atoms in total. The van der Waals surface area contributed by atoms with Gasteiger partial charge in [-0.05, 0) is 130 Å². The largest absolute Gasteiger partial charge is 0.310 e. The van der Waals surface area contributed by atoms with Crippen LogP contribution in [0.25, 0.3) is 69.9 Å². The third-order valence-corrected chi connectivity index (χ3v) is 14.8. The maximum atomic E-state index is 2.47. The number of fused-ring (bicyclic) bond motifs is 9. The molecular weight excluding hydrogens is 757 g/mol. The van der Waals surface area contributed by atoms with E-state index in [4.69, 9.17) is 0 Å². The molecule has 0 saturated carbocycles. The Morgan fingerprint density at radius 1 is 0.525 bits per heavy atom. The normalized spacial score (nSPS) is 16.4. The summed E-state index contributed by atoms with van der Waals surface area (Å²) in [5.74, 6) is 0.866. The Morgan fingerprint density at radius 2 is 1.20 bits per heavy atom. The number of aryl methyl sites for hydroxylation is 1. The van der Waals surface area contributed by atoms with Crippen LogP contribution in [0.3, 0.4) is 0 Å². The molecule has 2 aromatic heterocycles. The van der Waals surface area contributed by atoms with E-state index >= 15 is 0 Å². The molecular formula is C58H44N2S. The standard InChI is InChI=1S/C58H44N2S/c1-37-12-10-13-43(34-37)60-54-20-8-5-15-48(54)51-35-40(26-33-55(51)60)38-22-27-41(28-23-38)59(44-31-32-47-46-14-4-7-19-52(46)58(2,3)53(47)36-44)42-29-24-39(25-30-42)45-17-11-18-50-49-16-6-9-21-56(49)61-57(45)50/h4-36,46,52H,1-3H3. The highest BCUT2D eigenvalue weighted by molar-refractivity contribution is 7.26.